The first-order valence-electron chi connectivity index (χ1n) is 7.40. The van der Waals surface area contributed by atoms with Crippen LogP contribution in [0.3, 0.4) is 0 Å². The molecular weight excluding hydrogens is 342 g/mol. The van der Waals surface area contributed by atoms with Crippen LogP contribution >= 0.6 is 38.9 Å². The van der Waals surface area contributed by atoms with E-state index in [1.54, 1.807) is 11.3 Å². The summed E-state index contributed by atoms with van der Waals surface area (Å²) in [6.45, 7) is 3.22. The van der Waals surface area contributed by atoms with Crippen LogP contribution in [0.5, 0.6) is 0 Å². The molecule has 0 bridgehead atoms. The van der Waals surface area contributed by atoms with Crippen LogP contribution in [0.15, 0.2) is 10.5 Å². The molecular formula is C15H23BrClNS. The lowest BCUT2D eigenvalue weighted by atomic mass is 9.85. The predicted octanol–water partition coefficient (Wildman–Crippen LogP) is 6.18. The smallest absolute Gasteiger partial charge is 0.107 e. The van der Waals surface area contributed by atoms with Gasteiger partial charge in [0.2, 0.25) is 0 Å². The molecule has 1 nitrogen and oxygen atoms in total. The van der Waals surface area contributed by atoms with E-state index in [-0.39, 0.29) is 0 Å². The lowest BCUT2D eigenvalue weighted by Crippen LogP contribution is -2.28. The molecule has 1 unspecified atom stereocenters. The van der Waals surface area contributed by atoms with Crippen molar-refractivity contribution in [3.8, 4) is 0 Å². The van der Waals surface area contributed by atoms with E-state index in [2.05, 4.69) is 34.2 Å². The van der Waals surface area contributed by atoms with E-state index in [1.165, 1.54) is 49.8 Å². The first-order valence-corrected chi connectivity index (χ1v) is 9.39. The normalized spacial score (nSPS) is 19.9. The van der Waals surface area contributed by atoms with Gasteiger partial charge in [-0.25, -0.2) is 0 Å². The second-order valence-electron chi connectivity index (χ2n) is 5.41. The van der Waals surface area contributed by atoms with Crippen molar-refractivity contribution in [3.05, 3.63) is 19.8 Å². The van der Waals surface area contributed by atoms with Gasteiger partial charge in [0, 0.05) is 15.4 Å². The third-order valence-corrected chi connectivity index (χ3v) is 6.57. The quantitative estimate of drug-likeness (QED) is 0.673. The molecule has 1 N–H and O–H groups in total. The van der Waals surface area contributed by atoms with Crippen LogP contribution in [0.4, 0.5) is 0 Å². The summed E-state index contributed by atoms with van der Waals surface area (Å²) in [7, 11) is 0. The van der Waals surface area contributed by atoms with Crippen LogP contribution in [-0.2, 0) is 0 Å². The van der Waals surface area contributed by atoms with Gasteiger partial charge in [-0.3, -0.25) is 0 Å². The number of hydrogen-bond acceptors (Lipinski definition) is 2. The standard InChI is InChI=1S/C15H23BrClNS/c1-2-18-14(13-10-12(16)15(17)19-13)11-8-6-4-3-5-7-9-11/h10-11,14,18H,2-9H2,1H3. The minimum atomic E-state index is 0.483. The van der Waals surface area contributed by atoms with Crippen LogP contribution in [-0.4, -0.2) is 6.54 Å². The first-order chi connectivity index (χ1) is 9.22. The maximum absolute atomic E-state index is 6.21. The molecule has 0 aliphatic heterocycles. The van der Waals surface area contributed by atoms with Gasteiger partial charge in [0.1, 0.15) is 4.34 Å². The third-order valence-electron chi connectivity index (χ3n) is 4.02. The van der Waals surface area contributed by atoms with E-state index in [1.807, 2.05) is 0 Å². The minimum absolute atomic E-state index is 0.483. The molecule has 1 aliphatic rings. The fourth-order valence-electron chi connectivity index (χ4n) is 3.06. The maximum atomic E-state index is 6.21. The number of nitrogens with one attached hydrogen (secondary N) is 1. The molecule has 1 aromatic rings. The highest BCUT2D eigenvalue weighted by atomic mass is 79.9. The van der Waals surface area contributed by atoms with Gasteiger partial charge in [0.15, 0.2) is 0 Å². The fraction of sp³-hybridized carbons (Fsp3) is 0.733. The molecule has 1 aliphatic carbocycles. The topological polar surface area (TPSA) is 12.0 Å². The van der Waals surface area contributed by atoms with Gasteiger partial charge < -0.3 is 5.32 Å². The van der Waals surface area contributed by atoms with Gasteiger partial charge in [-0.15, -0.1) is 11.3 Å². The Morgan fingerprint density at radius 2 is 1.95 bits per heavy atom. The molecule has 2 rings (SSSR count). The summed E-state index contributed by atoms with van der Waals surface area (Å²) in [6.07, 6.45) is 9.71. The molecule has 0 aromatic carbocycles. The number of rotatable bonds is 4. The molecule has 1 fully saturated rings. The molecule has 1 saturated carbocycles. The van der Waals surface area contributed by atoms with Crippen molar-refractivity contribution in [1.82, 2.24) is 5.32 Å². The molecule has 1 heterocycles. The monoisotopic (exact) mass is 363 g/mol. The van der Waals surface area contributed by atoms with Gasteiger partial charge in [-0.05, 0) is 47.3 Å². The van der Waals surface area contributed by atoms with Crippen LogP contribution in [0, 0.1) is 5.92 Å². The second kappa shape index (κ2) is 8.02. The molecule has 1 aromatic heterocycles. The van der Waals surface area contributed by atoms with Crippen LogP contribution in [0.25, 0.3) is 0 Å². The summed E-state index contributed by atoms with van der Waals surface area (Å²) in [5, 5.41) is 3.69. The first kappa shape index (κ1) is 15.8. The van der Waals surface area contributed by atoms with Gasteiger partial charge in [-0.1, -0.05) is 50.6 Å². The van der Waals surface area contributed by atoms with Crippen molar-refractivity contribution in [1.29, 1.82) is 0 Å². The second-order valence-corrected chi connectivity index (χ2v) is 7.95. The Kier molecular flexibility index (Phi) is 6.67. The van der Waals surface area contributed by atoms with Crippen molar-refractivity contribution >= 4 is 38.9 Å². The number of halogens is 2. The summed E-state index contributed by atoms with van der Waals surface area (Å²) < 4.78 is 1.92. The average molecular weight is 365 g/mol. The van der Waals surface area contributed by atoms with Crippen molar-refractivity contribution in [2.24, 2.45) is 5.92 Å². The zero-order valence-electron chi connectivity index (χ0n) is 11.6. The summed E-state index contributed by atoms with van der Waals surface area (Å²) in [5.41, 5.74) is 0. The Morgan fingerprint density at radius 1 is 1.32 bits per heavy atom. The van der Waals surface area contributed by atoms with E-state index >= 15 is 0 Å². The Balaban J connectivity index is 2.12. The zero-order chi connectivity index (χ0) is 13.7. The summed E-state index contributed by atoms with van der Waals surface area (Å²) in [4.78, 5) is 1.39. The summed E-state index contributed by atoms with van der Waals surface area (Å²) in [6, 6.07) is 2.69. The van der Waals surface area contributed by atoms with Gasteiger partial charge in [-0.2, -0.15) is 0 Å². The highest BCUT2D eigenvalue weighted by Crippen LogP contribution is 2.40. The highest BCUT2D eigenvalue weighted by molar-refractivity contribution is 9.10. The lowest BCUT2D eigenvalue weighted by molar-refractivity contribution is 0.294. The zero-order valence-corrected chi connectivity index (χ0v) is 14.7. The minimum Gasteiger partial charge on any atom is -0.309 e. The van der Waals surface area contributed by atoms with E-state index in [0.717, 1.165) is 21.3 Å². The van der Waals surface area contributed by atoms with Crippen LogP contribution in [0.2, 0.25) is 4.34 Å². The van der Waals surface area contributed by atoms with Crippen molar-refractivity contribution < 1.29 is 0 Å². The highest BCUT2D eigenvalue weighted by Gasteiger charge is 2.25. The molecule has 108 valence electrons. The number of hydrogen-bond donors (Lipinski definition) is 1. The van der Waals surface area contributed by atoms with Gasteiger partial charge >= 0.3 is 0 Å². The summed E-state index contributed by atoms with van der Waals surface area (Å²) in [5.74, 6) is 0.766. The fourth-order valence-corrected chi connectivity index (χ4v) is 4.96. The molecule has 0 radical (unpaired) electrons. The van der Waals surface area contributed by atoms with Gasteiger partial charge in [0.05, 0.1) is 0 Å². The molecule has 19 heavy (non-hydrogen) atoms. The van der Waals surface area contributed by atoms with Crippen molar-refractivity contribution in [2.75, 3.05) is 6.54 Å². The molecule has 1 atom stereocenters. The molecule has 4 heteroatoms. The summed E-state index contributed by atoms with van der Waals surface area (Å²) >= 11 is 11.5. The van der Waals surface area contributed by atoms with E-state index in [4.69, 9.17) is 11.6 Å². The van der Waals surface area contributed by atoms with E-state index in [9.17, 15) is 0 Å². The third kappa shape index (κ3) is 4.45. The van der Waals surface area contributed by atoms with E-state index in [0.29, 0.717) is 6.04 Å². The Labute approximate surface area is 134 Å². The largest absolute Gasteiger partial charge is 0.309 e. The van der Waals surface area contributed by atoms with Gasteiger partial charge in [0.25, 0.3) is 0 Å². The Morgan fingerprint density at radius 3 is 2.47 bits per heavy atom. The van der Waals surface area contributed by atoms with Crippen molar-refractivity contribution in [2.45, 2.75) is 57.9 Å². The maximum Gasteiger partial charge on any atom is 0.107 e. The molecule has 0 saturated heterocycles. The Hall–Kier alpha value is 0.430. The number of thiophene rings is 1. The molecule has 0 amide bonds. The lowest BCUT2D eigenvalue weighted by Gasteiger charge is -2.28. The SMILES string of the molecule is CCNC(c1cc(Br)c(Cl)s1)C1CCCCCCC1. The predicted molar refractivity (Wildman–Crippen MR) is 89.3 cm³/mol. The Bertz CT molecular complexity index is 366. The van der Waals surface area contributed by atoms with Crippen molar-refractivity contribution in [3.63, 3.8) is 0 Å². The van der Waals surface area contributed by atoms with Crippen LogP contribution in [0.1, 0.15) is 62.8 Å². The average Bonchev–Trinajstić information content (AvgIpc) is 2.67. The molecule has 0 spiro atoms. The van der Waals surface area contributed by atoms with Crippen LogP contribution < -0.4 is 5.32 Å². The van der Waals surface area contributed by atoms with E-state index < -0.39 is 0 Å².